The van der Waals surface area contributed by atoms with Gasteiger partial charge < -0.3 is 9.47 Å². The maximum absolute atomic E-state index is 13.6. The van der Waals surface area contributed by atoms with E-state index in [1.54, 1.807) is 14.2 Å². The molecule has 0 spiro atoms. The number of ether oxygens (including phenoxy) is 2. The molecule has 0 amide bonds. The Bertz CT molecular complexity index is 1160. The highest BCUT2D eigenvalue weighted by atomic mass is 35.5. The van der Waals surface area contributed by atoms with E-state index in [4.69, 9.17) is 21.1 Å². The minimum atomic E-state index is -3.78. The number of nitrogens with one attached hydrogen (secondary N) is 1. The Labute approximate surface area is 200 Å². The molecule has 33 heavy (non-hydrogen) atoms. The average molecular weight is 497 g/mol. The zero-order chi connectivity index (χ0) is 23.8. The van der Waals surface area contributed by atoms with Crippen LogP contribution in [-0.4, -0.2) is 47.2 Å². The van der Waals surface area contributed by atoms with Gasteiger partial charge in [-0.2, -0.15) is 0 Å². The van der Waals surface area contributed by atoms with Gasteiger partial charge in [0.05, 0.1) is 19.2 Å². The van der Waals surface area contributed by atoms with Crippen LogP contribution in [0, 0.1) is 12.7 Å². The van der Waals surface area contributed by atoms with Gasteiger partial charge in [-0.15, -0.1) is 0 Å². The highest BCUT2D eigenvalue weighted by molar-refractivity contribution is 7.89. The molecule has 4 rings (SSSR count). The summed E-state index contributed by atoms with van der Waals surface area (Å²) in [7, 11) is -0.416. The van der Waals surface area contributed by atoms with Gasteiger partial charge in [-0.05, 0) is 80.5 Å². The van der Waals surface area contributed by atoms with Crippen molar-refractivity contribution >= 4 is 21.6 Å². The zero-order valence-corrected chi connectivity index (χ0v) is 20.8. The highest BCUT2D eigenvalue weighted by Crippen LogP contribution is 2.48. The Hall–Kier alpha value is -1.87. The van der Waals surface area contributed by atoms with Crippen LogP contribution in [0.5, 0.6) is 11.5 Å². The molecule has 180 valence electrons. The van der Waals surface area contributed by atoms with Crippen LogP contribution in [0.4, 0.5) is 4.39 Å². The fourth-order valence-electron chi connectivity index (χ4n) is 5.05. The largest absolute Gasteiger partial charge is 0.493 e. The average Bonchev–Trinajstić information content (AvgIpc) is 3.23. The summed E-state index contributed by atoms with van der Waals surface area (Å²) in [5, 5.41) is -0.110. The van der Waals surface area contributed by atoms with Crippen molar-refractivity contribution in [3.05, 3.63) is 51.3 Å². The number of rotatable bonds is 9. The number of benzene rings is 2. The molecule has 0 bridgehead atoms. The molecule has 1 N–H and O–H groups in total. The van der Waals surface area contributed by atoms with Crippen molar-refractivity contribution in [2.24, 2.45) is 0 Å². The molecule has 0 radical (unpaired) electrons. The maximum Gasteiger partial charge on any atom is 0.242 e. The number of methoxy groups -OCH3 is 2. The molecule has 1 aliphatic heterocycles. The van der Waals surface area contributed by atoms with Crippen LogP contribution >= 0.6 is 11.6 Å². The van der Waals surface area contributed by atoms with Crippen molar-refractivity contribution < 1.29 is 22.3 Å². The predicted octanol–water partition coefficient (Wildman–Crippen LogP) is 4.41. The zero-order valence-electron chi connectivity index (χ0n) is 19.2. The smallest absolute Gasteiger partial charge is 0.242 e. The second-order valence-corrected chi connectivity index (χ2v) is 10.8. The molecule has 0 aromatic heterocycles. The Kier molecular flexibility index (Phi) is 7.19. The van der Waals surface area contributed by atoms with Gasteiger partial charge in [-0.1, -0.05) is 11.6 Å². The Morgan fingerprint density at radius 1 is 1.18 bits per heavy atom. The topological polar surface area (TPSA) is 67.9 Å². The molecule has 2 aliphatic rings. The van der Waals surface area contributed by atoms with E-state index in [1.165, 1.54) is 29.7 Å². The molecule has 1 aliphatic carbocycles. The van der Waals surface area contributed by atoms with Gasteiger partial charge in [0.15, 0.2) is 11.5 Å². The summed E-state index contributed by atoms with van der Waals surface area (Å²) in [6, 6.07) is 4.80. The number of nitrogens with zero attached hydrogens (tertiary/aromatic N) is 1. The third kappa shape index (κ3) is 4.71. The summed E-state index contributed by atoms with van der Waals surface area (Å²) in [5.74, 6) is 1.14. The van der Waals surface area contributed by atoms with Gasteiger partial charge in [0, 0.05) is 24.7 Å². The fraction of sp³-hybridized carbons (Fsp3) is 0.500. The number of halogens is 2. The van der Waals surface area contributed by atoms with Crippen LogP contribution in [0.25, 0.3) is 0 Å². The highest BCUT2D eigenvalue weighted by Gasteiger charge is 2.36. The van der Waals surface area contributed by atoms with Crippen molar-refractivity contribution in [2.75, 3.05) is 33.9 Å². The number of aryl methyl sites for hydroxylation is 1. The van der Waals surface area contributed by atoms with Gasteiger partial charge >= 0.3 is 0 Å². The molecule has 1 heterocycles. The van der Waals surface area contributed by atoms with Gasteiger partial charge in [0.25, 0.3) is 0 Å². The van der Waals surface area contributed by atoms with E-state index in [9.17, 15) is 12.8 Å². The lowest BCUT2D eigenvalue weighted by atomic mass is 9.92. The first kappa shape index (κ1) is 24.3. The van der Waals surface area contributed by atoms with Crippen LogP contribution in [0.3, 0.4) is 0 Å². The van der Waals surface area contributed by atoms with Crippen molar-refractivity contribution in [1.29, 1.82) is 0 Å². The molecule has 0 saturated heterocycles. The summed E-state index contributed by atoms with van der Waals surface area (Å²) < 4.78 is 52.6. The molecule has 0 fully saturated rings. The van der Waals surface area contributed by atoms with Crippen molar-refractivity contribution in [2.45, 2.75) is 50.0 Å². The molecule has 6 nitrogen and oxygen atoms in total. The van der Waals surface area contributed by atoms with Gasteiger partial charge in [0.2, 0.25) is 10.0 Å². The number of unbranched alkanes of at least 4 members (excludes halogenated alkanes) is 1. The summed E-state index contributed by atoms with van der Waals surface area (Å²) in [6.07, 6.45) is 4.57. The third-order valence-electron chi connectivity index (χ3n) is 6.68. The van der Waals surface area contributed by atoms with Crippen molar-refractivity contribution in [3.8, 4) is 11.5 Å². The minimum absolute atomic E-state index is 0.0847. The summed E-state index contributed by atoms with van der Waals surface area (Å²) >= 11 is 5.96. The van der Waals surface area contributed by atoms with Crippen LogP contribution < -0.4 is 14.2 Å². The van der Waals surface area contributed by atoms with E-state index >= 15 is 0 Å². The standard InChI is InChI=1S/C24H30ClFN2O4S/c1-15-12-22(18(25)14-19(15)26)33(29,30)27-9-4-5-10-28-11-8-16-13-21(31-2)24(32-3)17-6-7-20(28)23(16)17/h12-14,20,27H,4-11H2,1-3H3. The molecular formula is C24H30ClFN2O4S. The molecule has 0 saturated carbocycles. The second kappa shape index (κ2) is 9.78. The van der Waals surface area contributed by atoms with Crippen molar-refractivity contribution in [3.63, 3.8) is 0 Å². The third-order valence-corrected chi connectivity index (χ3v) is 8.60. The van der Waals surface area contributed by atoms with E-state index in [0.717, 1.165) is 56.3 Å². The van der Waals surface area contributed by atoms with E-state index in [-0.39, 0.29) is 15.5 Å². The quantitative estimate of drug-likeness (QED) is 0.521. The molecule has 1 unspecified atom stereocenters. The molecular weight excluding hydrogens is 467 g/mol. The molecule has 1 atom stereocenters. The van der Waals surface area contributed by atoms with E-state index in [0.29, 0.717) is 19.0 Å². The van der Waals surface area contributed by atoms with Crippen LogP contribution in [-0.2, 0) is 22.9 Å². The van der Waals surface area contributed by atoms with Crippen LogP contribution in [0.15, 0.2) is 23.1 Å². The molecule has 2 aromatic carbocycles. The summed E-state index contributed by atoms with van der Waals surface area (Å²) in [5.41, 5.74) is 4.25. The number of sulfonamides is 1. The Morgan fingerprint density at radius 2 is 1.97 bits per heavy atom. The normalized spacial score (nSPS) is 17.8. The Morgan fingerprint density at radius 3 is 2.70 bits per heavy atom. The Balaban J connectivity index is 1.34. The lowest BCUT2D eigenvalue weighted by molar-refractivity contribution is 0.182. The predicted molar refractivity (Wildman–Crippen MR) is 126 cm³/mol. The second-order valence-electron chi connectivity index (χ2n) is 8.64. The first-order valence-electron chi connectivity index (χ1n) is 11.2. The van der Waals surface area contributed by atoms with Crippen LogP contribution in [0.1, 0.15) is 47.6 Å². The fourth-order valence-corrected chi connectivity index (χ4v) is 6.72. The summed E-state index contributed by atoms with van der Waals surface area (Å²) in [4.78, 5) is 2.41. The van der Waals surface area contributed by atoms with Gasteiger partial charge in [0.1, 0.15) is 10.7 Å². The lowest BCUT2D eigenvalue weighted by Crippen LogP contribution is -2.35. The van der Waals surface area contributed by atoms with E-state index < -0.39 is 15.8 Å². The first-order valence-corrected chi connectivity index (χ1v) is 13.1. The SMILES string of the molecule is COc1cc2c3c(c1OC)CCC3N(CCCCNS(=O)(=O)c1cc(C)c(F)cc1Cl)CC2. The first-order chi connectivity index (χ1) is 15.8. The summed E-state index contributed by atoms with van der Waals surface area (Å²) in [6.45, 7) is 3.70. The molecule has 2 aromatic rings. The van der Waals surface area contributed by atoms with Crippen molar-refractivity contribution in [1.82, 2.24) is 9.62 Å². The minimum Gasteiger partial charge on any atom is -0.493 e. The molecule has 9 heteroatoms. The monoisotopic (exact) mass is 496 g/mol. The van der Waals surface area contributed by atoms with Gasteiger partial charge in [-0.3, -0.25) is 4.90 Å². The van der Waals surface area contributed by atoms with E-state index in [1.807, 2.05) is 0 Å². The lowest BCUT2D eigenvalue weighted by Gasteiger charge is -2.35. The van der Waals surface area contributed by atoms with Gasteiger partial charge in [-0.25, -0.2) is 17.5 Å². The van der Waals surface area contributed by atoms with E-state index in [2.05, 4.69) is 15.7 Å². The van der Waals surface area contributed by atoms with Crippen LogP contribution in [0.2, 0.25) is 5.02 Å². The number of hydrogen-bond acceptors (Lipinski definition) is 5. The maximum atomic E-state index is 13.6. The number of hydrogen-bond donors (Lipinski definition) is 1.